The molecule has 166 valence electrons. The van der Waals surface area contributed by atoms with Gasteiger partial charge in [-0.3, -0.25) is 4.79 Å². The number of alkyl halides is 6. The van der Waals surface area contributed by atoms with Crippen LogP contribution in [0.4, 0.5) is 32.0 Å². The fourth-order valence-corrected chi connectivity index (χ4v) is 2.77. The molecule has 1 aliphatic rings. The van der Waals surface area contributed by atoms with Crippen LogP contribution in [0, 0.1) is 0 Å². The van der Waals surface area contributed by atoms with Gasteiger partial charge in [-0.15, -0.1) is 0 Å². The van der Waals surface area contributed by atoms with Crippen LogP contribution < -0.4 is 19.5 Å². The van der Waals surface area contributed by atoms with Crippen LogP contribution in [0.15, 0.2) is 36.4 Å². The highest BCUT2D eigenvalue weighted by atomic mass is 19.4. The lowest BCUT2D eigenvalue weighted by Gasteiger charge is -2.20. The Hall–Kier alpha value is -3.37. The van der Waals surface area contributed by atoms with E-state index in [0.717, 1.165) is 6.08 Å². The minimum absolute atomic E-state index is 0.0209. The van der Waals surface area contributed by atoms with Gasteiger partial charge in [0.2, 0.25) is 11.7 Å². The third-order valence-corrected chi connectivity index (χ3v) is 4.13. The number of hydrogen-bond acceptors (Lipinski definition) is 4. The van der Waals surface area contributed by atoms with Crippen LogP contribution in [0.25, 0.3) is 6.08 Å². The van der Waals surface area contributed by atoms with E-state index in [1.807, 2.05) is 5.32 Å². The topological polar surface area (TPSA) is 56.8 Å². The molecule has 11 heteroatoms. The number of fused-ring (bicyclic) bond motifs is 1. The molecule has 2 aromatic rings. The molecule has 1 N–H and O–H groups in total. The van der Waals surface area contributed by atoms with Gasteiger partial charge in [-0.1, -0.05) is 0 Å². The van der Waals surface area contributed by atoms with Crippen molar-refractivity contribution in [2.45, 2.75) is 12.4 Å². The Bertz CT molecular complexity index is 964. The minimum Gasteiger partial charge on any atom is -0.493 e. The number of anilines is 1. The lowest BCUT2D eigenvalue weighted by molar-refractivity contribution is -0.143. The number of carbonyl (C=O) groups excluding carboxylic acids is 1. The highest BCUT2D eigenvalue weighted by Crippen LogP contribution is 2.41. The van der Waals surface area contributed by atoms with Crippen LogP contribution in [0.3, 0.4) is 0 Å². The third-order valence-electron chi connectivity index (χ3n) is 4.13. The molecule has 0 aliphatic carbocycles. The average Bonchev–Trinajstić information content (AvgIpc) is 2.70. The van der Waals surface area contributed by atoms with Crippen LogP contribution in [0.1, 0.15) is 16.7 Å². The van der Waals surface area contributed by atoms with Gasteiger partial charge in [-0.2, -0.15) is 26.3 Å². The standard InChI is InChI=1S/C20H15F6NO4/c1-29-15-6-11(7-16-18(15)31-5-4-30-16)2-3-17(28)27-14-9-12(19(21,22)23)8-13(10-14)20(24,25)26/h2-3,6-10H,4-5H2,1H3,(H,27,28)/b3-2+. The minimum atomic E-state index is -5.02. The van der Waals surface area contributed by atoms with E-state index in [9.17, 15) is 31.1 Å². The Morgan fingerprint density at radius 1 is 0.968 bits per heavy atom. The highest BCUT2D eigenvalue weighted by Gasteiger charge is 2.37. The van der Waals surface area contributed by atoms with E-state index in [-0.39, 0.29) is 6.07 Å². The van der Waals surface area contributed by atoms with Gasteiger partial charge in [0.1, 0.15) is 13.2 Å². The van der Waals surface area contributed by atoms with Crippen molar-refractivity contribution in [2.75, 3.05) is 25.6 Å². The summed E-state index contributed by atoms with van der Waals surface area (Å²) in [7, 11) is 1.40. The van der Waals surface area contributed by atoms with Gasteiger partial charge in [0.25, 0.3) is 0 Å². The molecule has 5 nitrogen and oxygen atoms in total. The van der Waals surface area contributed by atoms with Gasteiger partial charge >= 0.3 is 12.4 Å². The Labute approximate surface area is 172 Å². The number of hydrogen-bond donors (Lipinski definition) is 1. The highest BCUT2D eigenvalue weighted by molar-refractivity contribution is 6.02. The number of halogens is 6. The van der Waals surface area contributed by atoms with Gasteiger partial charge in [-0.05, 0) is 42.0 Å². The summed E-state index contributed by atoms with van der Waals surface area (Å²) in [5, 5.41) is 2.02. The first-order chi connectivity index (χ1) is 14.5. The molecular formula is C20H15F6NO4. The van der Waals surface area contributed by atoms with E-state index in [4.69, 9.17) is 14.2 Å². The van der Waals surface area contributed by atoms with Gasteiger partial charge in [0.05, 0.1) is 18.2 Å². The Kier molecular flexibility index (Phi) is 6.05. The van der Waals surface area contributed by atoms with Crippen molar-refractivity contribution in [2.24, 2.45) is 0 Å². The van der Waals surface area contributed by atoms with E-state index in [1.165, 1.54) is 19.3 Å². The summed E-state index contributed by atoms with van der Waals surface area (Å²) in [6, 6.07) is 3.91. The quantitative estimate of drug-likeness (QED) is 0.520. The van der Waals surface area contributed by atoms with E-state index in [0.29, 0.717) is 48.2 Å². The van der Waals surface area contributed by atoms with Crippen molar-refractivity contribution < 1.29 is 45.3 Å². The molecule has 2 aromatic carbocycles. The number of nitrogens with one attached hydrogen (secondary N) is 1. The lowest BCUT2D eigenvalue weighted by atomic mass is 10.1. The van der Waals surface area contributed by atoms with Crippen molar-refractivity contribution in [1.29, 1.82) is 0 Å². The molecule has 0 spiro atoms. The molecule has 1 aliphatic heterocycles. The predicted octanol–water partition coefficient (Wildman–Crippen LogP) is 5.16. The van der Waals surface area contributed by atoms with Crippen molar-refractivity contribution in [3.8, 4) is 17.2 Å². The fourth-order valence-electron chi connectivity index (χ4n) is 2.77. The van der Waals surface area contributed by atoms with E-state index >= 15 is 0 Å². The monoisotopic (exact) mass is 447 g/mol. The number of benzene rings is 2. The van der Waals surface area contributed by atoms with E-state index in [2.05, 4.69) is 0 Å². The van der Waals surface area contributed by atoms with Crippen LogP contribution in [0.2, 0.25) is 0 Å². The molecule has 31 heavy (non-hydrogen) atoms. The van der Waals surface area contributed by atoms with Crippen molar-refractivity contribution in [1.82, 2.24) is 0 Å². The molecule has 0 unspecified atom stereocenters. The second kappa shape index (κ2) is 8.40. The average molecular weight is 447 g/mol. The van der Waals surface area contributed by atoms with Crippen molar-refractivity contribution in [3.63, 3.8) is 0 Å². The number of methoxy groups -OCH3 is 1. The summed E-state index contributed by atoms with van der Waals surface area (Å²) in [4.78, 5) is 12.1. The summed E-state index contributed by atoms with van der Waals surface area (Å²) in [5.41, 5.74) is -3.26. The molecule has 0 saturated heterocycles. The number of rotatable bonds is 4. The van der Waals surface area contributed by atoms with Crippen LogP contribution in [-0.2, 0) is 17.1 Å². The molecular weight excluding hydrogens is 432 g/mol. The summed E-state index contributed by atoms with van der Waals surface area (Å²) >= 11 is 0. The first kappa shape index (κ1) is 22.3. The molecule has 3 rings (SSSR count). The molecule has 0 saturated carbocycles. The zero-order valence-electron chi connectivity index (χ0n) is 15.9. The maximum absolute atomic E-state index is 12.9. The molecule has 1 amide bonds. The van der Waals surface area contributed by atoms with E-state index < -0.39 is 35.1 Å². The predicted molar refractivity (Wildman–Crippen MR) is 98.1 cm³/mol. The Morgan fingerprint density at radius 3 is 2.16 bits per heavy atom. The van der Waals surface area contributed by atoms with E-state index in [1.54, 1.807) is 6.07 Å². The summed E-state index contributed by atoms with van der Waals surface area (Å²) in [6.07, 6.45) is -7.77. The maximum Gasteiger partial charge on any atom is 0.416 e. The van der Waals surface area contributed by atoms with Gasteiger partial charge in [0.15, 0.2) is 11.5 Å². The number of carbonyl (C=O) groups is 1. The Morgan fingerprint density at radius 2 is 1.58 bits per heavy atom. The molecule has 0 bridgehead atoms. The normalized spacial score (nSPS) is 13.9. The Balaban J connectivity index is 1.83. The van der Waals surface area contributed by atoms with Crippen LogP contribution >= 0.6 is 0 Å². The van der Waals surface area contributed by atoms with Gasteiger partial charge in [-0.25, -0.2) is 0 Å². The number of amides is 1. The van der Waals surface area contributed by atoms with Crippen LogP contribution in [0.5, 0.6) is 17.2 Å². The lowest BCUT2D eigenvalue weighted by Crippen LogP contribution is -2.16. The fraction of sp³-hybridized carbons (Fsp3) is 0.250. The van der Waals surface area contributed by atoms with Crippen molar-refractivity contribution in [3.05, 3.63) is 53.1 Å². The second-order valence-electron chi connectivity index (χ2n) is 6.36. The maximum atomic E-state index is 12.9. The smallest absolute Gasteiger partial charge is 0.416 e. The van der Waals surface area contributed by atoms with Crippen molar-refractivity contribution >= 4 is 17.7 Å². The summed E-state index contributed by atoms with van der Waals surface area (Å²) in [6.45, 7) is 0.638. The molecule has 1 heterocycles. The second-order valence-corrected chi connectivity index (χ2v) is 6.36. The molecule has 0 radical (unpaired) electrons. The first-order valence-electron chi connectivity index (χ1n) is 8.73. The SMILES string of the molecule is COc1cc(/C=C/C(=O)Nc2cc(C(F)(F)F)cc(C(F)(F)F)c2)cc2c1OCCO2. The zero-order valence-corrected chi connectivity index (χ0v) is 15.9. The van der Waals surface area contributed by atoms with Gasteiger partial charge < -0.3 is 19.5 Å². The summed E-state index contributed by atoms with van der Waals surface area (Å²) < 4.78 is 93.6. The first-order valence-corrected chi connectivity index (χ1v) is 8.73. The largest absolute Gasteiger partial charge is 0.493 e. The zero-order chi connectivity index (χ0) is 22.8. The molecule has 0 atom stereocenters. The molecule has 0 aromatic heterocycles. The van der Waals surface area contributed by atoms with Gasteiger partial charge in [0, 0.05) is 11.8 Å². The summed E-state index contributed by atoms with van der Waals surface area (Å²) in [5.74, 6) is 0.170. The third kappa shape index (κ3) is 5.41. The van der Waals surface area contributed by atoms with Crippen LogP contribution in [-0.4, -0.2) is 26.2 Å². The molecule has 0 fully saturated rings. The number of ether oxygens (including phenoxy) is 3.